The summed E-state index contributed by atoms with van der Waals surface area (Å²) in [4.78, 5) is 14.4. The molecule has 1 aliphatic carbocycles. The number of anilines is 1. The van der Waals surface area contributed by atoms with Crippen LogP contribution in [0.5, 0.6) is 0 Å². The highest BCUT2D eigenvalue weighted by Crippen LogP contribution is 2.35. The van der Waals surface area contributed by atoms with Crippen molar-refractivity contribution in [2.24, 2.45) is 0 Å². The molecule has 1 aromatic rings. The van der Waals surface area contributed by atoms with Crippen LogP contribution in [0.4, 0.5) is 5.69 Å². The van der Waals surface area contributed by atoms with Crippen LogP contribution in [0.15, 0.2) is 36.9 Å². The van der Waals surface area contributed by atoms with Gasteiger partial charge in [-0.2, -0.15) is 0 Å². The van der Waals surface area contributed by atoms with Crippen LogP contribution in [0.3, 0.4) is 0 Å². The molecule has 1 heterocycles. The van der Waals surface area contributed by atoms with Crippen LogP contribution in [-0.4, -0.2) is 29.9 Å². The van der Waals surface area contributed by atoms with Gasteiger partial charge in [0.1, 0.15) is 0 Å². The van der Waals surface area contributed by atoms with E-state index in [2.05, 4.69) is 24.0 Å². The molecule has 1 aromatic carbocycles. The Morgan fingerprint density at radius 2 is 2.21 bits per heavy atom. The Bertz CT molecular complexity index is 493. The van der Waals surface area contributed by atoms with E-state index in [1.165, 1.54) is 11.3 Å². The van der Waals surface area contributed by atoms with Crippen molar-refractivity contribution in [1.29, 1.82) is 0 Å². The van der Waals surface area contributed by atoms with Crippen molar-refractivity contribution in [3.05, 3.63) is 42.5 Å². The largest absolute Gasteiger partial charge is 0.384 e. The predicted octanol–water partition coefficient (Wildman–Crippen LogP) is 2.76. The van der Waals surface area contributed by atoms with Crippen LogP contribution in [0.2, 0.25) is 0 Å². The lowest BCUT2D eigenvalue weighted by Gasteiger charge is -2.22. The Labute approximate surface area is 114 Å². The normalized spacial score (nSPS) is 20.5. The predicted molar refractivity (Wildman–Crippen MR) is 77.2 cm³/mol. The van der Waals surface area contributed by atoms with Gasteiger partial charge in [0.05, 0.1) is 0 Å². The van der Waals surface area contributed by atoms with Crippen LogP contribution in [0, 0.1) is 0 Å². The van der Waals surface area contributed by atoms with Crippen LogP contribution in [-0.2, 0) is 4.79 Å². The van der Waals surface area contributed by atoms with Crippen molar-refractivity contribution in [3.8, 4) is 0 Å². The summed E-state index contributed by atoms with van der Waals surface area (Å²) in [7, 11) is 0. The van der Waals surface area contributed by atoms with E-state index in [1.807, 2.05) is 23.1 Å². The molecular weight excluding hydrogens is 236 g/mol. The fourth-order valence-electron chi connectivity index (χ4n) is 2.85. The molecule has 1 N–H and O–H groups in total. The summed E-state index contributed by atoms with van der Waals surface area (Å²) in [6, 6.07) is 8.76. The molecule has 1 unspecified atom stereocenters. The number of para-hydroxylation sites is 1. The molecule has 19 heavy (non-hydrogen) atoms. The van der Waals surface area contributed by atoms with Gasteiger partial charge < -0.3 is 10.2 Å². The second kappa shape index (κ2) is 5.08. The van der Waals surface area contributed by atoms with E-state index >= 15 is 0 Å². The maximum Gasteiger partial charge on any atom is 0.223 e. The Hall–Kier alpha value is -1.77. The number of fused-ring (bicyclic) bond motifs is 1. The smallest absolute Gasteiger partial charge is 0.223 e. The third-order valence-corrected chi connectivity index (χ3v) is 3.99. The molecule has 1 saturated carbocycles. The van der Waals surface area contributed by atoms with Crippen molar-refractivity contribution < 1.29 is 4.79 Å². The number of amides is 1. The van der Waals surface area contributed by atoms with E-state index in [0.717, 1.165) is 19.4 Å². The molecule has 0 saturated heterocycles. The van der Waals surface area contributed by atoms with E-state index in [9.17, 15) is 4.79 Å². The first kappa shape index (κ1) is 12.3. The lowest BCUT2D eigenvalue weighted by atomic mass is 9.97. The van der Waals surface area contributed by atoms with Crippen molar-refractivity contribution >= 4 is 11.6 Å². The Balaban J connectivity index is 1.68. The molecule has 100 valence electrons. The summed E-state index contributed by atoms with van der Waals surface area (Å²) >= 11 is 0. The van der Waals surface area contributed by atoms with Crippen molar-refractivity contribution in [2.75, 3.05) is 18.4 Å². The first-order chi connectivity index (χ1) is 9.29. The third kappa shape index (κ3) is 2.50. The molecule has 2 aliphatic rings. The highest BCUT2D eigenvalue weighted by Gasteiger charge is 2.33. The summed E-state index contributed by atoms with van der Waals surface area (Å²) < 4.78 is 0. The van der Waals surface area contributed by atoms with Gasteiger partial charge in [0.2, 0.25) is 5.91 Å². The third-order valence-electron chi connectivity index (χ3n) is 3.99. The monoisotopic (exact) mass is 256 g/mol. The summed E-state index contributed by atoms with van der Waals surface area (Å²) in [5.41, 5.74) is 2.46. The number of benzene rings is 1. The molecular formula is C16H20N2O. The lowest BCUT2D eigenvalue weighted by molar-refractivity contribution is -0.131. The molecule has 0 bridgehead atoms. The average Bonchev–Trinajstić information content (AvgIpc) is 3.19. The van der Waals surface area contributed by atoms with Gasteiger partial charge >= 0.3 is 0 Å². The standard InChI is InChI=1S/C16H20N2O/c1-2-9-18(13-7-8-13)16(19)10-12-11-17-15-6-4-3-5-14(12)15/h2-6,12-13,17H,1,7-11H2. The Morgan fingerprint density at radius 3 is 2.95 bits per heavy atom. The minimum atomic E-state index is 0.269. The minimum absolute atomic E-state index is 0.269. The second-order valence-electron chi connectivity index (χ2n) is 5.44. The number of hydrogen-bond donors (Lipinski definition) is 1. The molecule has 3 rings (SSSR count). The first-order valence-corrected chi connectivity index (χ1v) is 7.02. The van der Waals surface area contributed by atoms with Crippen LogP contribution in [0.25, 0.3) is 0 Å². The molecule has 0 spiro atoms. The van der Waals surface area contributed by atoms with Gasteiger partial charge in [-0.15, -0.1) is 6.58 Å². The fraction of sp³-hybridized carbons (Fsp3) is 0.438. The molecule has 3 heteroatoms. The second-order valence-corrected chi connectivity index (χ2v) is 5.44. The van der Waals surface area contributed by atoms with Gasteiger partial charge in [-0.25, -0.2) is 0 Å². The summed E-state index contributed by atoms with van der Waals surface area (Å²) in [5, 5.41) is 3.38. The van der Waals surface area contributed by atoms with Gasteiger partial charge in [-0.05, 0) is 24.5 Å². The highest BCUT2D eigenvalue weighted by atomic mass is 16.2. The van der Waals surface area contributed by atoms with Gasteiger partial charge in [0, 0.05) is 37.2 Å². The van der Waals surface area contributed by atoms with E-state index in [0.29, 0.717) is 24.9 Å². The number of nitrogens with one attached hydrogen (secondary N) is 1. The Morgan fingerprint density at radius 1 is 1.42 bits per heavy atom. The summed E-state index contributed by atoms with van der Waals surface area (Å²) in [6.45, 7) is 5.31. The zero-order chi connectivity index (χ0) is 13.2. The van der Waals surface area contributed by atoms with E-state index in [-0.39, 0.29) is 5.91 Å². The molecule has 0 aromatic heterocycles. The Kier molecular flexibility index (Phi) is 3.28. The number of hydrogen-bond acceptors (Lipinski definition) is 2. The summed E-state index contributed by atoms with van der Waals surface area (Å²) in [6.07, 6.45) is 4.74. The number of rotatable bonds is 5. The molecule has 1 fully saturated rings. The van der Waals surface area contributed by atoms with Crippen molar-refractivity contribution in [3.63, 3.8) is 0 Å². The lowest BCUT2D eigenvalue weighted by Crippen LogP contribution is -2.34. The van der Waals surface area contributed by atoms with Crippen LogP contribution in [0.1, 0.15) is 30.7 Å². The summed E-state index contributed by atoms with van der Waals surface area (Å²) in [5.74, 6) is 0.584. The van der Waals surface area contributed by atoms with Gasteiger partial charge in [0.25, 0.3) is 0 Å². The maximum absolute atomic E-state index is 12.4. The number of carbonyl (C=O) groups is 1. The fourth-order valence-corrected chi connectivity index (χ4v) is 2.85. The van der Waals surface area contributed by atoms with Gasteiger partial charge in [0.15, 0.2) is 0 Å². The van der Waals surface area contributed by atoms with Crippen LogP contribution >= 0.6 is 0 Å². The highest BCUT2D eigenvalue weighted by molar-refractivity contribution is 5.79. The van der Waals surface area contributed by atoms with Gasteiger partial charge in [-0.3, -0.25) is 4.79 Å². The van der Waals surface area contributed by atoms with Crippen molar-refractivity contribution in [2.45, 2.75) is 31.2 Å². The zero-order valence-corrected chi connectivity index (χ0v) is 11.1. The quantitative estimate of drug-likeness (QED) is 0.822. The minimum Gasteiger partial charge on any atom is -0.384 e. The number of nitrogens with zero attached hydrogens (tertiary/aromatic N) is 1. The topological polar surface area (TPSA) is 32.3 Å². The molecule has 1 amide bonds. The van der Waals surface area contributed by atoms with Gasteiger partial charge in [-0.1, -0.05) is 24.3 Å². The SMILES string of the molecule is C=CCN(C(=O)CC1CNc2ccccc21)C1CC1. The zero-order valence-electron chi connectivity index (χ0n) is 11.1. The molecule has 1 aliphatic heterocycles. The van der Waals surface area contributed by atoms with E-state index < -0.39 is 0 Å². The van der Waals surface area contributed by atoms with E-state index in [1.54, 1.807) is 0 Å². The van der Waals surface area contributed by atoms with Crippen LogP contribution < -0.4 is 5.32 Å². The molecule has 1 atom stereocenters. The first-order valence-electron chi connectivity index (χ1n) is 7.02. The molecule has 3 nitrogen and oxygen atoms in total. The van der Waals surface area contributed by atoms with Crippen molar-refractivity contribution in [1.82, 2.24) is 4.90 Å². The maximum atomic E-state index is 12.4. The average molecular weight is 256 g/mol. The number of carbonyl (C=O) groups excluding carboxylic acids is 1. The van der Waals surface area contributed by atoms with E-state index in [4.69, 9.17) is 0 Å². The molecule has 0 radical (unpaired) electrons.